The van der Waals surface area contributed by atoms with E-state index in [1.165, 1.54) is 6.07 Å². The Hall–Kier alpha value is -1.65. The quantitative estimate of drug-likeness (QED) is 0.867. The molecule has 0 atom stereocenters. The SMILES string of the molecule is CC(C)(C)OC(=O)NCc1ccc(F)cc1F. The van der Waals surface area contributed by atoms with Crippen LogP contribution in [0.25, 0.3) is 0 Å². The number of rotatable bonds is 2. The lowest BCUT2D eigenvalue weighted by molar-refractivity contribution is 0.0523. The van der Waals surface area contributed by atoms with Gasteiger partial charge in [-0.05, 0) is 26.8 Å². The van der Waals surface area contributed by atoms with E-state index in [0.29, 0.717) is 0 Å². The summed E-state index contributed by atoms with van der Waals surface area (Å²) in [5.74, 6) is -1.34. The van der Waals surface area contributed by atoms with Crippen molar-refractivity contribution < 1.29 is 18.3 Å². The number of hydrogen-bond acceptors (Lipinski definition) is 2. The Morgan fingerprint density at radius 2 is 2.00 bits per heavy atom. The Balaban J connectivity index is 2.53. The first-order valence-electron chi connectivity index (χ1n) is 5.19. The van der Waals surface area contributed by atoms with Gasteiger partial charge in [0.15, 0.2) is 0 Å². The molecule has 1 rings (SSSR count). The zero-order chi connectivity index (χ0) is 13.1. The van der Waals surface area contributed by atoms with Crippen molar-refractivity contribution in [3.05, 3.63) is 35.4 Å². The average Bonchev–Trinajstić information content (AvgIpc) is 2.13. The third-order valence-corrected chi connectivity index (χ3v) is 1.84. The predicted molar refractivity (Wildman–Crippen MR) is 59.4 cm³/mol. The van der Waals surface area contributed by atoms with Gasteiger partial charge in [0, 0.05) is 18.2 Å². The molecule has 1 N–H and O–H groups in total. The minimum absolute atomic E-state index is 0.0406. The molecule has 0 unspecified atom stereocenters. The lowest BCUT2D eigenvalue weighted by Gasteiger charge is -2.19. The van der Waals surface area contributed by atoms with Crippen LogP contribution in [0, 0.1) is 11.6 Å². The van der Waals surface area contributed by atoms with Gasteiger partial charge in [0.2, 0.25) is 0 Å². The Morgan fingerprint density at radius 1 is 1.35 bits per heavy atom. The third-order valence-electron chi connectivity index (χ3n) is 1.84. The molecule has 0 heterocycles. The summed E-state index contributed by atoms with van der Waals surface area (Å²) >= 11 is 0. The van der Waals surface area contributed by atoms with Crippen LogP contribution in [-0.4, -0.2) is 11.7 Å². The lowest BCUT2D eigenvalue weighted by atomic mass is 10.2. The van der Waals surface area contributed by atoms with Gasteiger partial charge >= 0.3 is 6.09 Å². The number of nitrogens with one attached hydrogen (secondary N) is 1. The molecule has 94 valence electrons. The molecule has 0 aromatic heterocycles. The van der Waals surface area contributed by atoms with Crippen LogP contribution in [-0.2, 0) is 11.3 Å². The minimum Gasteiger partial charge on any atom is -0.444 e. The number of carbonyl (C=O) groups is 1. The number of carbonyl (C=O) groups excluding carboxylic acids is 1. The second-order valence-corrected chi connectivity index (χ2v) is 4.59. The van der Waals surface area contributed by atoms with Crippen LogP contribution < -0.4 is 5.32 Å². The van der Waals surface area contributed by atoms with Gasteiger partial charge in [-0.15, -0.1) is 0 Å². The van der Waals surface area contributed by atoms with Crippen LogP contribution in [0.3, 0.4) is 0 Å². The molecule has 0 bridgehead atoms. The molecule has 0 aliphatic heterocycles. The Morgan fingerprint density at radius 3 is 2.53 bits per heavy atom. The molecule has 0 radical (unpaired) electrons. The van der Waals surface area contributed by atoms with Crippen molar-refractivity contribution >= 4 is 6.09 Å². The van der Waals surface area contributed by atoms with Crippen molar-refractivity contribution in [2.45, 2.75) is 32.9 Å². The normalized spacial score (nSPS) is 11.1. The largest absolute Gasteiger partial charge is 0.444 e. The molecule has 0 saturated carbocycles. The smallest absolute Gasteiger partial charge is 0.407 e. The van der Waals surface area contributed by atoms with E-state index in [0.717, 1.165) is 12.1 Å². The fourth-order valence-electron chi connectivity index (χ4n) is 1.15. The molecule has 1 aromatic rings. The molecule has 3 nitrogen and oxygen atoms in total. The van der Waals surface area contributed by atoms with Gasteiger partial charge < -0.3 is 10.1 Å². The van der Waals surface area contributed by atoms with E-state index in [4.69, 9.17) is 4.74 Å². The summed E-state index contributed by atoms with van der Waals surface area (Å²) in [6.45, 7) is 5.14. The van der Waals surface area contributed by atoms with Crippen LogP contribution in [0.4, 0.5) is 13.6 Å². The van der Waals surface area contributed by atoms with E-state index in [2.05, 4.69) is 5.32 Å². The number of benzene rings is 1. The number of ether oxygens (including phenoxy) is 1. The predicted octanol–water partition coefficient (Wildman–Crippen LogP) is 2.99. The Kier molecular flexibility index (Phi) is 4.04. The fourth-order valence-corrected chi connectivity index (χ4v) is 1.15. The van der Waals surface area contributed by atoms with Gasteiger partial charge in [-0.1, -0.05) is 6.07 Å². The van der Waals surface area contributed by atoms with Crippen LogP contribution >= 0.6 is 0 Å². The highest BCUT2D eigenvalue weighted by Gasteiger charge is 2.16. The molecule has 1 aromatic carbocycles. The van der Waals surface area contributed by atoms with Gasteiger partial charge in [0.25, 0.3) is 0 Å². The van der Waals surface area contributed by atoms with E-state index < -0.39 is 23.3 Å². The van der Waals surface area contributed by atoms with E-state index >= 15 is 0 Å². The molecular formula is C12H15F2NO2. The topological polar surface area (TPSA) is 38.3 Å². The number of amides is 1. The maximum atomic E-state index is 13.2. The molecule has 0 aliphatic rings. The molecular weight excluding hydrogens is 228 g/mol. The molecule has 0 aliphatic carbocycles. The first-order valence-corrected chi connectivity index (χ1v) is 5.19. The summed E-state index contributed by atoms with van der Waals surface area (Å²) in [6.07, 6.45) is -0.638. The summed E-state index contributed by atoms with van der Waals surface area (Å²) in [5, 5.41) is 2.39. The van der Waals surface area contributed by atoms with Crippen molar-refractivity contribution in [1.82, 2.24) is 5.32 Å². The fraction of sp³-hybridized carbons (Fsp3) is 0.417. The van der Waals surface area contributed by atoms with Crippen LogP contribution in [0.5, 0.6) is 0 Å². The van der Waals surface area contributed by atoms with E-state index in [1.807, 2.05) is 0 Å². The summed E-state index contributed by atoms with van der Waals surface area (Å²) in [5.41, 5.74) is -0.400. The van der Waals surface area contributed by atoms with Gasteiger partial charge in [0.1, 0.15) is 17.2 Å². The molecule has 0 saturated heterocycles. The summed E-state index contributed by atoms with van der Waals surface area (Å²) in [7, 11) is 0. The molecule has 0 fully saturated rings. The van der Waals surface area contributed by atoms with E-state index in [1.54, 1.807) is 20.8 Å². The molecule has 0 spiro atoms. The highest BCUT2D eigenvalue weighted by molar-refractivity contribution is 5.67. The van der Waals surface area contributed by atoms with Gasteiger partial charge in [-0.25, -0.2) is 13.6 Å². The second-order valence-electron chi connectivity index (χ2n) is 4.59. The van der Waals surface area contributed by atoms with Crippen molar-refractivity contribution in [3.8, 4) is 0 Å². The minimum atomic E-state index is -0.693. The highest BCUT2D eigenvalue weighted by Crippen LogP contribution is 2.10. The van der Waals surface area contributed by atoms with E-state index in [-0.39, 0.29) is 12.1 Å². The van der Waals surface area contributed by atoms with Gasteiger partial charge in [-0.3, -0.25) is 0 Å². The lowest BCUT2D eigenvalue weighted by Crippen LogP contribution is -2.32. The van der Waals surface area contributed by atoms with Crippen molar-refractivity contribution in [3.63, 3.8) is 0 Å². The summed E-state index contributed by atoms with van der Waals surface area (Å²) in [6, 6.07) is 3.18. The summed E-state index contributed by atoms with van der Waals surface area (Å²) in [4.78, 5) is 11.3. The average molecular weight is 243 g/mol. The molecule has 1 amide bonds. The van der Waals surface area contributed by atoms with E-state index in [9.17, 15) is 13.6 Å². The van der Waals surface area contributed by atoms with Gasteiger partial charge in [0.05, 0.1) is 0 Å². The zero-order valence-corrected chi connectivity index (χ0v) is 10.0. The zero-order valence-electron chi connectivity index (χ0n) is 10.0. The van der Waals surface area contributed by atoms with Crippen LogP contribution in [0.1, 0.15) is 26.3 Å². The van der Waals surface area contributed by atoms with Crippen molar-refractivity contribution in [1.29, 1.82) is 0 Å². The van der Waals surface area contributed by atoms with Crippen LogP contribution in [0.2, 0.25) is 0 Å². The van der Waals surface area contributed by atoms with Crippen LogP contribution in [0.15, 0.2) is 18.2 Å². The first-order chi connectivity index (χ1) is 7.78. The third kappa shape index (κ3) is 4.80. The summed E-state index contributed by atoms with van der Waals surface area (Å²) < 4.78 is 30.8. The first kappa shape index (κ1) is 13.4. The monoisotopic (exact) mass is 243 g/mol. The number of halogens is 2. The van der Waals surface area contributed by atoms with Crippen molar-refractivity contribution in [2.75, 3.05) is 0 Å². The number of hydrogen-bond donors (Lipinski definition) is 1. The second kappa shape index (κ2) is 5.12. The van der Waals surface area contributed by atoms with Gasteiger partial charge in [-0.2, -0.15) is 0 Å². The molecule has 17 heavy (non-hydrogen) atoms. The number of alkyl carbamates (subject to hydrolysis) is 1. The highest BCUT2D eigenvalue weighted by atomic mass is 19.1. The maximum absolute atomic E-state index is 13.2. The van der Waals surface area contributed by atoms with Crippen molar-refractivity contribution in [2.24, 2.45) is 0 Å². The Bertz CT molecular complexity index is 413. The standard InChI is InChI=1S/C12H15F2NO2/c1-12(2,3)17-11(16)15-7-8-4-5-9(13)6-10(8)14/h4-6H,7H2,1-3H3,(H,15,16). The Labute approximate surface area is 98.8 Å². The maximum Gasteiger partial charge on any atom is 0.407 e. The molecule has 5 heteroatoms.